The van der Waals surface area contributed by atoms with Crippen LogP contribution in [0.3, 0.4) is 0 Å². The van der Waals surface area contributed by atoms with Crippen molar-refractivity contribution in [3.63, 3.8) is 0 Å². The van der Waals surface area contributed by atoms with Crippen LogP contribution < -0.4 is 9.44 Å². The predicted octanol–water partition coefficient (Wildman–Crippen LogP) is 3.91. The molecule has 10 nitrogen and oxygen atoms in total. The van der Waals surface area contributed by atoms with Gasteiger partial charge in [0.1, 0.15) is 17.8 Å². The maximum absolute atomic E-state index is 13.3. The number of aromatic hydroxyl groups is 2. The van der Waals surface area contributed by atoms with Crippen molar-refractivity contribution >= 4 is 61.1 Å². The lowest BCUT2D eigenvalue weighted by Gasteiger charge is -2.26. The van der Waals surface area contributed by atoms with E-state index in [0.29, 0.717) is 10.00 Å². The number of sulfonamides is 2. The summed E-state index contributed by atoms with van der Waals surface area (Å²) in [6, 6.07) is 13.3. The second kappa shape index (κ2) is 13.6. The highest BCUT2D eigenvalue weighted by molar-refractivity contribution is 8.10. The van der Waals surface area contributed by atoms with Crippen LogP contribution in [0, 0.1) is 0 Å². The van der Waals surface area contributed by atoms with Gasteiger partial charge in [0.15, 0.2) is 0 Å². The largest absolute Gasteiger partial charge is 0.508 e. The summed E-state index contributed by atoms with van der Waals surface area (Å²) in [5, 5.41) is 21.6. The third-order valence-electron chi connectivity index (χ3n) is 6.11. The van der Waals surface area contributed by atoms with Crippen molar-refractivity contribution in [1.82, 2.24) is 0 Å². The molecule has 3 aromatic rings. The number of anilines is 1. The van der Waals surface area contributed by atoms with Crippen molar-refractivity contribution in [3.8, 4) is 11.5 Å². The first-order valence-electron chi connectivity index (χ1n) is 12.2. The molecule has 0 spiro atoms. The number of carbonyl (C=O) groups is 2. The summed E-state index contributed by atoms with van der Waals surface area (Å²) in [6.45, 7) is 0. The van der Waals surface area contributed by atoms with Crippen molar-refractivity contribution in [3.05, 3.63) is 88.5 Å². The van der Waals surface area contributed by atoms with Crippen molar-refractivity contribution in [2.45, 2.75) is 18.8 Å². The number of carbonyl (C=O) groups excluding carboxylic acids is 2. The topological polar surface area (TPSA) is 172 Å². The number of phenols is 2. The maximum Gasteiger partial charge on any atom is 0.248 e. The highest BCUT2D eigenvalue weighted by Gasteiger charge is 2.34. The van der Waals surface area contributed by atoms with Crippen LogP contribution in [0.15, 0.2) is 60.7 Å². The second-order valence-corrected chi connectivity index (χ2v) is 13.9. The highest BCUT2D eigenvalue weighted by atomic mass is 35.5. The number of aldehydes is 1. The first-order valence-corrected chi connectivity index (χ1v) is 16.5. The second-order valence-electron chi connectivity index (χ2n) is 9.02. The molecule has 1 unspecified atom stereocenters. The van der Waals surface area contributed by atoms with Crippen LogP contribution >= 0.6 is 23.2 Å². The van der Waals surface area contributed by atoms with Gasteiger partial charge in [0.2, 0.25) is 26.0 Å². The lowest BCUT2D eigenvalue weighted by molar-refractivity contribution is 0.0999. The van der Waals surface area contributed by atoms with Gasteiger partial charge < -0.3 is 15.9 Å². The van der Waals surface area contributed by atoms with E-state index in [1.54, 1.807) is 0 Å². The molecule has 3 rings (SSSR count). The van der Waals surface area contributed by atoms with Gasteiger partial charge in [0, 0.05) is 39.9 Å². The quantitative estimate of drug-likeness (QED) is 0.135. The summed E-state index contributed by atoms with van der Waals surface area (Å²) in [7, 11) is -8.86. The molecule has 1 atom stereocenters. The molecule has 0 bridgehead atoms. The Hall–Kier alpha value is -3.32. The standard InChI is InChI=1S/C27H28Cl2N2O8S2/c28-10-2-12-40(36,37)31(41(38,39)13-3-11-29)21-5-1-4-19(15-21)26(22-14-18(17-32)6-8-24(22)33)23-16-20(27(30)35)7-9-25(23)34/h1,4-9,14-17,26,33-34H,2-3,10-13H2,(H2,30,35). The van der Waals surface area contributed by atoms with Crippen LogP contribution in [-0.2, 0) is 20.0 Å². The van der Waals surface area contributed by atoms with E-state index >= 15 is 0 Å². The first-order chi connectivity index (χ1) is 19.4. The number of amides is 1. The van der Waals surface area contributed by atoms with E-state index in [9.17, 15) is 36.6 Å². The number of nitrogens with two attached hydrogens (primary N) is 1. The normalized spacial score (nSPS) is 12.5. The zero-order valence-electron chi connectivity index (χ0n) is 21.6. The van der Waals surface area contributed by atoms with Gasteiger partial charge in [0.05, 0.1) is 17.2 Å². The van der Waals surface area contributed by atoms with Crippen molar-refractivity contribution in [2.75, 3.05) is 27.0 Å². The monoisotopic (exact) mass is 642 g/mol. The fourth-order valence-electron chi connectivity index (χ4n) is 4.30. The van der Waals surface area contributed by atoms with Crippen LogP contribution in [-0.4, -0.2) is 62.5 Å². The molecule has 14 heteroatoms. The molecular weight excluding hydrogens is 615 g/mol. The molecule has 0 aliphatic carbocycles. The molecule has 0 heterocycles. The van der Waals surface area contributed by atoms with Crippen LogP contribution in [0.2, 0.25) is 0 Å². The van der Waals surface area contributed by atoms with Gasteiger partial charge in [-0.2, -0.15) is 3.71 Å². The van der Waals surface area contributed by atoms with Gasteiger partial charge in [-0.3, -0.25) is 9.59 Å². The third-order valence-corrected chi connectivity index (χ3v) is 11.1. The Morgan fingerprint density at radius 3 is 1.95 bits per heavy atom. The summed E-state index contributed by atoms with van der Waals surface area (Å²) in [5.41, 5.74) is 5.85. The smallest absolute Gasteiger partial charge is 0.248 e. The van der Waals surface area contributed by atoms with Gasteiger partial charge in [0.25, 0.3) is 0 Å². The van der Waals surface area contributed by atoms with Crippen molar-refractivity contribution < 1.29 is 36.6 Å². The summed E-state index contributed by atoms with van der Waals surface area (Å²) in [5.74, 6) is -3.61. The molecule has 0 radical (unpaired) electrons. The van der Waals surface area contributed by atoms with Gasteiger partial charge in [-0.25, -0.2) is 16.8 Å². The number of primary amides is 1. The Morgan fingerprint density at radius 1 is 0.854 bits per heavy atom. The summed E-state index contributed by atoms with van der Waals surface area (Å²) >= 11 is 11.4. The third kappa shape index (κ3) is 7.50. The van der Waals surface area contributed by atoms with E-state index in [1.165, 1.54) is 60.7 Å². The molecule has 1 amide bonds. The Labute approximate surface area is 248 Å². The Balaban J connectivity index is 2.34. The number of hydrogen-bond donors (Lipinski definition) is 3. The number of phenolic OH excluding ortho intramolecular Hbond substituents is 2. The van der Waals surface area contributed by atoms with Crippen molar-refractivity contribution in [1.29, 1.82) is 0 Å². The van der Waals surface area contributed by atoms with E-state index in [-0.39, 0.29) is 69.6 Å². The van der Waals surface area contributed by atoms with E-state index in [2.05, 4.69) is 0 Å². The molecule has 3 aromatic carbocycles. The lowest BCUT2D eigenvalue weighted by atomic mass is 9.82. The van der Waals surface area contributed by atoms with Crippen LogP contribution in [0.5, 0.6) is 11.5 Å². The zero-order chi connectivity index (χ0) is 30.4. The van der Waals surface area contributed by atoms with Crippen LogP contribution in [0.1, 0.15) is 56.2 Å². The van der Waals surface area contributed by atoms with E-state index in [0.717, 1.165) is 0 Å². The zero-order valence-corrected chi connectivity index (χ0v) is 24.8. The van der Waals surface area contributed by atoms with Crippen LogP contribution in [0.4, 0.5) is 5.69 Å². The summed E-state index contributed by atoms with van der Waals surface area (Å²) < 4.78 is 53.6. The number of nitrogens with zero attached hydrogens (tertiary/aromatic N) is 1. The van der Waals surface area contributed by atoms with Gasteiger partial charge in [-0.05, 0) is 66.9 Å². The van der Waals surface area contributed by atoms with Crippen molar-refractivity contribution in [2.24, 2.45) is 5.73 Å². The van der Waals surface area contributed by atoms with Crippen LogP contribution in [0.25, 0.3) is 0 Å². The first kappa shape index (κ1) is 32.2. The van der Waals surface area contributed by atoms with Gasteiger partial charge in [-0.15, -0.1) is 23.2 Å². The number of benzene rings is 3. The molecule has 4 N–H and O–H groups in total. The molecular formula is C27H28Cl2N2O8S2. The highest BCUT2D eigenvalue weighted by Crippen LogP contribution is 2.42. The van der Waals surface area contributed by atoms with Gasteiger partial charge >= 0.3 is 0 Å². The average Bonchev–Trinajstić information content (AvgIpc) is 2.92. The molecule has 0 aromatic heterocycles. The van der Waals surface area contributed by atoms with E-state index < -0.39 is 43.4 Å². The molecule has 0 saturated heterocycles. The number of halogens is 2. The molecule has 0 aliphatic rings. The minimum Gasteiger partial charge on any atom is -0.508 e. The fourth-order valence-corrected chi connectivity index (χ4v) is 8.93. The summed E-state index contributed by atoms with van der Waals surface area (Å²) in [4.78, 5) is 23.5. The fraction of sp³-hybridized carbons (Fsp3) is 0.259. The molecule has 41 heavy (non-hydrogen) atoms. The average molecular weight is 644 g/mol. The number of alkyl halides is 2. The SMILES string of the molecule is NC(=O)c1ccc(O)c(C(c2cccc(N(S(=O)(=O)CCCCl)S(=O)(=O)CCCCl)c2)c2cc(C=O)ccc2O)c1. The molecule has 220 valence electrons. The Kier molecular flexibility index (Phi) is 10.6. The molecule has 0 saturated carbocycles. The number of hydrogen-bond acceptors (Lipinski definition) is 8. The lowest BCUT2D eigenvalue weighted by Crippen LogP contribution is -2.40. The Bertz CT molecular complexity index is 1610. The van der Waals surface area contributed by atoms with Gasteiger partial charge in [-0.1, -0.05) is 12.1 Å². The minimum absolute atomic E-state index is 0.00608. The number of rotatable bonds is 14. The van der Waals surface area contributed by atoms with E-state index in [1.807, 2.05) is 0 Å². The Morgan fingerprint density at radius 2 is 1.41 bits per heavy atom. The summed E-state index contributed by atoms with van der Waals surface area (Å²) in [6.07, 6.45) is 0.534. The maximum atomic E-state index is 13.3. The predicted molar refractivity (Wildman–Crippen MR) is 158 cm³/mol. The molecule has 0 aliphatic heterocycles. The van der Waals surface area contributed by atoms with E-state index in [4.69, 9.17) is 28.9 Å². The molecule has 0 fully saturated rings. The minimum atomic E-state index is -4.43.